The molecule has 1 nitrogen and oxygen atoms in total. The van der Waals surface area contributed by atoms with Crippen LogP contribution < -0.4 is 0 Å². The van der Waals surface area contributed by atoms with Crippen molar-refractivity contribution >= 4 is 11.6 Å². The minimum Gasteiger partial charge on any atom is -0.380 e. The van der Waals surface area contributed by atoms with Gasteiger partial charge in [0.2, 0.25) is 0 Å². The van der Waals surface area contributed by atoms with E-state index in [1.165, 1.54) is 0 Å². The molecule has 0 heterocycles. The molecule has 0 aliphatic carbocycles. The summed E-state index contributed by atoms with van der Waals surface area (Å²) in [5.74, 6) is 5.85. The summed E-state index contributed by atoms with van der Waals surface area (Å²) in [6.45, 7) is 4.10. The van der Waals surface area contributed by atoms with Gasteiger partial charge in [0, 0.05) is 10.6 Å². The van der Waals surface area contributed by atoms with Crippen molar-refractivity contribution in [3.8, 4) is 11.8 Å². The van der Waals surface area contributed by atoms with Gasteiger partial charge in [-0.05, 0) is 43.5 Å². The van der Waals surface area contributed by atoms with Gasteiger partial charge in [-0.25, -0.2) is 0 Å². The largest absolute Gasteiger partial charge is 0.380 e. The van der Waals surface area contributed by atoms with Gasteiger partial charge in [-0.1, -0.05) is 43.2 Å². The second kappa shape index (κ2) is 7.37. The number of halogens is 1. The number of unbranched alkanes of at least 4 members (excludes halogenated alkanes) is 2. The van der Waals surface area contributed by atoms with Crippen molar-refractivity contribution in [2.24, 2.45) is 0 Å². The van der Waals surface area contributed by atoms with Crippen LogP contribution in [0.5, 0.6) is 0 Å². The summed E-state index contributed by atoms with van der Waals surface area (Å²) >= 11 is 5.93. The highest BCUT2D eigenvalue weighted by Gasteiger charge is 1.98. The molecule has 17 heavy (non-hydrogen) atoms. The molecule has 0 radical (unpaired) electrons. The zero-order valence-electron chi connectivity index (χ0n) is 10.5. The van der Waals surface area contributed by atoms with Gasteiger partial charge >= 0.3 is 0 Å². The normalized spacial score (nSPS) is 11.8. The monoisotopic (exact) mass is 250 g/mol. The molecule has 1 N–H and O–H groups in total. The fraction of sp³-hybridized carbons (Fsp3) is 0.467. The SMILES string of the molecule is CCCCCC(O)C#Cc1ccc(Cl)c(C)c1. The standard InChI is InChI=1S/C15H19ClO/c1-3-4-5-6-14(17)9-7-13-8-10-15(16)12(2)11-13/h8,10-11,14,17H,3-6H2,1-2H3. The molecule has 0 fully saturated rings. The zero-order chi connectivity index (χ0) is 12.7. The Bertz CT molecular complexity index is 415. The molecule has 0 spiro atoms. The number of hydrogen-bond donors (Lipinski definition) is 1. The zero-order valence-corrected chi connectivity index (χ0v) is 11.2. The number of rotatable bonds is 4. The topological polar surface area (TPSA) is 20.2 Å². The Morgan fingerprint density at radius 3 is 2.76 bits per heavy atom. The van der Waals surface area contributed by atoms with Crippen molar-refractivity contribution in [3.63, 3.8) is 0 Å². The molecule has 0 saturated heterocycles. The van der Waals surface area contributed by atoms with E-state index in [0.717, 1.165) is 41.8 Å². The van der Waals surface area contributed by atoms with Crippen molar-refractivity contribution in [2.75, 3.05) is 0 Å². The highest BCUT2D eigenvalue weighted by molar-refractivity contribution is 6.31. The van der Waals surface area contributed by atoms with Crippen LogP contribution >= 0.6 is 11.6 Å². The molecular formula is C15H19ClO. The van der Waals surface area contributed by atoms with E-state index in [0.29, 0.717) is 0 Å². The molecular weight excluding hydrogens is 232 g/mol. The summed E-state index contributed by atoms with van der Waals surface area (Å²) in [6, 6.07) is 5.65. The minimum atomic E-state index is -0.516. The Hall–Kier alpha value is -0.970. The molecule has 0 amide bonds. The lowest BCUT2D eigenvalue weighted by molar-refractivity contribution is 0.217. The maximum atomic E-state index is 9.66. The molecule has 1 aromatic carbocycles. The van der Waals surface area contributed by atoms with Gasteiger partial charge in [0.1, 0.15) is 6.10 Å². The third-order valence-corrected chi connectivity index (χ3v) is 3.05. The number of hydrogen-bond acceptors (Lipinski definition) is 1. The summed E-state index contributed by atoms with van der Waals surface area (Å²) in [6.07, 6.45) is 3.59. The third kappa shape index (κ3) is 5.26. The predicted molar refractivity (Wildman–Crippen MR) is 73.2 cm³/mol. The Labute approximate surface area is 109 Å². The lowest BCUT2D eigenvalue weighted by Crippen LogP contribution is -2.02. The molecule has 1 aromatic rings. The van der Waals surface area contributed by atoms with Crippen LogP contribution in [-0.2, 0) is 0 Å². The van der Waals surface area contributed by atoms with Crippen molar-refractivity contribution < 1.29 is 5.11 Å². The maximum absolute atomic E-state index is 9.66. The van der Waals surface area contributed by atoms with Crippen molar-refractivity contribution in [2.45, 2.75) is 45.6 Å². The van der Waals surface area contributed by atoms with Crippen LogP contribution in [-0.4, -0.2) is 11.2 Å². The van der Waals surface area contributed by atoms with Gasteiger partial charge in [-0.3, -0.25) is 0 Å². The summed E-state index contributed by atoms with van der Waals surface area (Å²) in [5.41, 5.74) is 1.92. The lowest BCUT2D eigenvalue weighted by atomic mass is 10.1. The Morgan fingerprint density at radius 1 is 1.35 bits per heavy atom. The molecule has 0 bridgehead atoms. The van der Waals surface area contributed by atoms with Crippen LogP contribution in [0, 0.1) is 18.8 Å². The van der Waals surface area contributed by atoms with Crippen LogP contribution in [0.4, 0.5) is 0 Å². The van der Waals surface area contributed by atoms with Gasteiger partial charge in [0.25, 0.3) is 0 Å². The first-order valence-corrected chi connectivity index (χ1v) is 6.47. The van der Waals surface area contributed by atoms with Crippen LogP contribution in [0.15, 0.2) is 18.2 Å². The average molecular weight is 251 g/mol. The maximum Gasteiger partial charge on any atom is 0.115 e. The van der Waals surface area contributed by atoms with Crippen LogP contribution in [0.25, 0.3) is 0 Å². The van der Waals surface area contributed by atoms with Crippen molar-refractivity contribution in [3.05, 3.63) is 34.3 Å². The Morgan fingerprint density at radius 2 is 2.12 bits per heavy atom. The number of benzene rings is 1. The van der Waals surface area contributed by atoms with E-state index in [-0.39, 0.29) is 0 Å². The van der Waals surface area contributed by atoms with E-state index >= 15 is 0 Å². The first-order valence-electron chi connectivity index (χ1n) is 6.09. The Balaban J connectivity index is 2.55. The minimum absolute atomic E-state index is 0.516. The van der Waals surface area contributed by atoms with Crippen LogP contribution in [0.3, 0.4) is 0 Å². The van der Waals surface area contributed by atoms with Crippen LogP contribution in [0.2, 0.25) is 5.02 Å². The molecule has 1 atom stereocenters. The summed E-state index contributed by atoms with van der Waals surface area (Å²) < 4.78 is 0. The Kier molecular flexibility index (Phi) is 6.11. The van der Waals surface area contributed by atoms with Crippen LogP contribution in [0.1, 0.15) is 43.7 Å². The average Bonchev–Trinajstić information content (AvgIpc) is 2.31. The van der Waals surface area contributed by atoms with E-state index in [2.05, 4.69) is 18.8 Å². The first kappa shape index (κ1) is 14.1. The van der Waals surface area contributed by atoms with E-state index in [1.807, 2.05) is 25.1 Å². The molecule has 2 heteroatoms. The van der Waals surface area contributed by atoms with Gasteiger partial charge in [-0.2, -0.15) is 0 Å². The number of aliphatic hydroxyl groups excluding tert-OH is 1. The third-order valence-electron chi connectivity index (χ3n) is 2.62. The first-order chi connectivity index (χ1) is 8.13. The van der Waals surface area contributed by atoms with E-state index < -0.39 is 6.10 Å². The predicted octanol–water partition coefficient (Wildman–Crippen LogP) is 3.94. The highest BCUT2D eigenvalue weighted by atomic mass is 35.5. The highest BCUT2D eigenvalue weighted by Crippen LogP contribution is 2.15. The van der Waals surface area contributed by atoms with Gasteiger partial charge < -0.3 is 5.11 Å². The molecule has 1 rings (SSSR count). The molecule has 92 valence electrons. The number of aryl methyl sites for hydroxylation is 1. The van der Waals surface area contributed by atoms with Crippen molar-refractivity contribution in [1.29, 1.82) is 0 Å². The second-order valence-electron chi connectivity index (χ2n) is 4.24. The fourth-order valence-electron chi connectivity index (χ4n) is 1.55. The summed E-state index contributed by atoms with van der Waals surface area (Å²) in [5, 5.41) is 10.4. The molecule has 0 saturated carbocycles. The molecule has 0 aromatic heterocycles. The van der Waals surface area contributed by atoms with Gasteiger partial charge in [0.15, 0.2) is 0 Å². The quantitative estimate of drug-likeness (QED) is 0.634. The van der Waals surface area contributed by atoms with Crippen molar-refractivity contribution in [1.82, 2.24) is 0 Å². The molecule has 0 aliphatic rings. The van der Waals surface area contributed by atoms with E-state index in [1.54, 1.807) is 0 Å². The van der Waals surface area contributed by atoms with E-state index in [9.17, 15) is 5.11 Å². The number of aliphatic hydroxyl groups is 1. The second-order valence-corrected chi connectivity index (χ2v) is 4.65. The summed E-state index contributed by atoms with van der Waals surface area (Å²) in [4.78, 5) is 0. The smallest absolute Gasteiger partial charge is 0.115 e. The van der Waals surface area contributed by atoms with Gasteiger partial charge in [0.05, 0.1) is 0 Å². The molecule has 1 unspecified atom stereocenters. The van der Waals surface area contributed by atoms with Gasteiger partial charge in [-0.15, -0.1) is 0 Å². The van der Waals surface area contributed by atoms with E-state index in [4.69, 9.17) is 11.6 Å². The lowest BCUT2D eigenvalue weighted by Gasteiger charge is -2.01. The molecule has 0 aliphatic heterocycles. The summed E-state index contributed by atoms with van der Waals surface area (Å²) in [7, 11) is 0. The fourth-order valence-corrected chi connectivity index (χ4v) is 1.67.